The van der Waals surface area contributed by atoms with Crippen LogP contribution in [0.3, 0.4) is 0 Å². The summed E-state index contributed by atoms with van der Waals surface area (Å²) < 4.78 is 31.1. The minimum atomic E-state index is -3.70. The van der Waals surface area contributed by atoms with E-state index in [9.17, 15) is 18.3 Å². The number of carboxylic acids is 1. The number of benzene rings is 1. The van der Waals surface area contributed by atoms with Gasteiger partial charge in [-0.05, 0) is 49.0 Å². The summed E-state index contributed by atoms with van der Waals surface area (Å²) in [5.41, 5.74) is 0.891. The maximum atomic E-state index is 12.3. The molecule has 0 amide bonds. The highest BCUT2D eigenvalue weighted by atomic mass is 32.2. The minimum absolute atomic E-state index is 0.100. The molecular weight excluding hydrogens is 324 g/mol. The van der Waals surface area contributed by atoms with Gasteiger partial charge in [-0.25, -0.2) is 8.42 Å². The molecule has 8 heteroatoms. The van der Waals surface area contributed by atoms with E-state index in [-0.39, 0.29) is 4.90 Å². The Kier molecular flexibility index (Phi) is 3.45. The zero-order chi connectivity index (χ0) is 16.0. The number of carbonyl (C=O) groups is 1. The van der Waals surface area contributed by atoms with Crippen molar-refractivity contribution in [2.24, 2.45) is 0 Å². The third kappa shape index (κ3) is 2.48. The zero-order valence-electron chi connectivity index (χ0n) is 11.7. The van der Waals surface area contributed by atoms with Gasteiger partial charge in [0.25, 0.3) is 10.0 Å². The summed E-state index contributed by atoms with van der Waals surface area (Å²) in [7, 11) is -3.70. The maximum absolute atomic E-state index is 12.3. The number of hydrogen-bond donors (Lipinski definition) is 2. The molecule has 2 N–H and O–H groups in total. The van der Waals surface area contributed by atoms with Gasteiger partial charge >= 0.3 is 5.97 Å². The third-order valence-electron chi connectivity index (χ3n) is 3.87. The molecule has 0 saturated heterocycles. The van der Waals surface area contributed by atoms with Crippen LogP contribution in [-0.2, 0) is 20.2 Å². The summed E-state index contributed by atoms with van der Waals surface area (Å²) in [5.74, 6) is -0.860. The first-order valence-electron chi connectivity index (χ1n) is 6.63. The van der Waals surface area contributed by atoms with Crippen LogP contribution in [0.15, 0.2) is 34.5 Å². The van der Waals surface area contributed by atoms with E-state index in [1.807, 2.05) is 0 Å². The molecule has 0 unspecified atom stereocenters. The van der Waals surface area contributed by atoms with Crippen LogP contribution in [0.4, 0.5) is 5.69 Å². The summed E-state index contributed by atoms with van der Waals surface area (Å²) in [6, 6.07) is 6.04. The van der Waals surface area contributed by atoms with Crippen LogP contribution in [0.25, 0.3) is 0 Å². The summed E-state index contributed by atoms with van der Waals surface area (Å²) in [6.07, 6.45) is 1.18. The molecule has 1 aromatic heterocycles. The van der Waals surface area contributed by atoms with E-state index < -0.39 is 21.4 Å². The second-order valence-corrected chi connectivity index (χ2v) is 7.64. The Morgan fingerprint density at radius 1 is 1.32 bits per heavy atom. The normalized spacial score (nSPS) is 16.2. The molecule has 6 nitrogen and oxygen atoms in total. The number of aryl methyl sites for hydroxylation is 1. The van der Waals surface area contributed by atoms with E-state index in [0.717, 1.165) is 0 Å². The van der Waals surface area contributed by atoms with Crippen LogP contribution in [0.1, 0.15) is 24.1 Å². The topological polar surface area (TPSA) is 96.4 Å². The van der Waals surface area contributed by atoms with Gasteiger partial charge in [-0.1, -0.05) is 12.1 Å². The number of nitrogens with zero attached hydrogens (tertiary/aromatic N) is 1. The van der Waals surface area contributed by atoms with Crippen molar-refractivity contribution in [3.05, 3.63) is 40.9 Å². The van der Waals surface area contributed by atoms with Crippen LogP contribution >= 0.6 is 11.5 Å². The van der Waals surface area contributed by atoms with Crippen molar-refractivity contribution < 1.29 is 18.3 Å². The van der Waals surface area contributed by atoms with Gasteiger partial charge in [0.2, 0.25) is 0 Å². The number of rotatable bonds is 5. The van der Waals surface area contributed by atoms with Gasteiger partial charge in [0, 0.05) is 5.38 Å². The molecule has 1 aromatic carbocycles. The lowest BCUT2D eigenvalue weighted by molar-refractivity contribution is -0.140. The molecule has 1 heterocycles. The molecule has 1 fully saturated rings. The second kappa shape index (κ2) is 5.06. The zero-order valence-corrected chi connectivity index (χ0v) is 13.4. The highest BCUT2D eigenvalue weighted by molar-refractivity contribution is 7.92. The predicted octanol–water partition coefficient (Wildman–Crippen LogP) is 2.37. The van der Waals surface area contributed by atoms with Crippen molar-refractivity contribution in [2.45, 2.75) is 30.1 Å². The van der Waals surface area contributed by atoms with E-state index in [1.54, 1.807) is 24.4 Å². The molecule has 0 bridgehead atoms. The summed E-state index contributed by atoms with van der Waals surface area (Å²) >= 11 is 1.18. The lowest BCUT2D eigenvalue weighted by Gasteiger charge is -2.11. The van der Waals surface area contributed by atoms with Crippen molar-refractivity contribution in [1.29, 1.82) is 0 Å². The monoisotopic (exact) mass is 338 g/mol. The fourth-order valence-electron chi connectivity index (χ4n) is 2.30. The van der Waals surface area contributed by atoms with Crippen LogP contribution in [0.2, 0.25) is 0 Å². The van der Waals surface area contributed by atoms with E-state index >= 15 is 0 Å². The quantitative estimate of drug-likeness (QED) is 0.872. The first-order valence-corrected chi connectivity index (χ1v) is 8.95. The molecule has 0 atom stereocenters. The first-order chi connectivity index (χ1) is 10.3. The summed E-state index contributed by atoms with van der Waals surface area (Å²) in [4.78, 5) is 11.4. The number of sulfonamides is 1. The van der Waals surface area contributed by atoms with E-state index in [2.05, 4.69) is 9.10 Å². The maximum Gasteiger partial charge on any atom is 0.314 e. The Morgan fingerprint density at radius 2 is 1.95 bits per heavy atom. The Labute approximate surface area is 132 Å². The number of anilines is 1. The van der Waals surface area contributed by atoms with Gasteiger partial charge in [0.15, 0.2) is 0 Å². The molecule has 116 valence electrons. The molecule has 3 rings (SSSR count). The Balaban J connectivity index is 1.86. The van der Waals surface area contributed by atoms with Crippen molar-refractivity contribution in [3.63, 3.8) is 0 Å². The van der Waals surface area contributed by atoms with Gasteiger partial charge in [0.05, 0.1) is 21.7 Å². The molecule has 1 aliphatic rings. The minimum Gasteiger partial charge on any atom is -0.481 e. The number of aromatic nitrogens is 1. The molecule has 2 aromatic rings. The van der Waals surface area contributed by atoms with Crippen molar-refractivity contribution >= 4 is 33.2 Å². The van der Waals surface area contributed by atoms with Crippen molar-refractivity contribution in [1.82, 2.24) is 4.37 Å². The smallest absolute Gasteiger partial charge is 0.314 e. The number of carboxylic acid groups (broad SMARTS) is 1. The standard InChI is InChI=1S/C14H14N2O4S2/c1-9-12(8-21-15-9)16-22(19,20)11-4-2-10(3-5-11)14(6-7-14)13(17)18/h2-5,8,16H,6-7H2,1H3,(H,17,18). The Bertz CT molecular complexity index is 821. The van der Waals surface area contributed by atoms with Gasteiger partial charge < -0.3 is 5.11 Å². The predicted molar refractivity (Wildman–Crippen MR) is 82.6 cm³/mol. The third-order valence-corrected chi connectivity index (χ3v) is 5.97. The largest absolute Gasteiger partial charge is 0.481 e. The molecule has 0 aliphatic heterocycles. The second-order valence-electron chi connectivity index (χ2n) is 5.33. The van der Waals surface area contributed by atoms with Gasteiger partial charge in [0.1, 0.15) is 0 Å². The van der Waals surface area contributed by atoms with Crippen LogP contribution in [-0.4, -0.2) is 23.9 Å². The first kappa shape index (κ1) is 15.0. The van der Waals surface area contributed by atoms with Crippen LogP contribution < -0.4 is 4.72 Å². The highest BCUT2D eigenvalue weighted by Gasteiger charge is 2.51. The fraction of sp³-hybridized carbons (Fsp3) is 0.286. The molecule has 1 aliphatic carbocycles. The summed E-state index contributed by atoms with van der Waals surface area (Å²) in [6.45, 7) is 1.72. The van der Waals surface area contributed by atoms with Gasteiger partial charge in [-0.3, -0.25) is 9.52 Å². The van der Waals surface area contributed by atoms with Crippen LogP contribution in [0.5, 0.6) is 0 Å². The number of aliphatic carboxylic acids is 1. The SMILES string of the molecule is Cc1nscc1NS(=O)(=O)c1ccc(C2(C(=O)O)CC2)cc1. The average Bonchev–Trinajstić information content (AvgIpc) is 3.20. The number of nitrogens with one attached hydrogen (secondary N) is 1. The highest BCUT2D eigenvalue weighted by Crippen LogP contribution is 2.48. The van der Waals surface area contributed by atoms with Crippen LogP contribution in [0, 0.1) is 6.92 Å². The van der Waals surface area contributed by atoms with E-state index in [0.29, 0.717) is 29.8 Å². The van der Waals surface area contributed by atoms with E-state index in [4.69, 9.17) is 0 Å². The van der Waals surface area contributed by atoms with E-state index in [1.165, 1.54) is 23.7 Å². The fourth-order valence-corrected chi connectivity index (χ4v) is 4.13. The molecule has 0 spiro atoms. The summed E-state index contributed by atoms with van der Waals surface area (Å²) in [5, 5.41) is 10.9. The Morgan fingerprint density at radius 3 is 2.41 bits per heavy atom. The molecule has 0 radical (unpaired) electrons. The lowest BCUT2D eigenvalue weighted by Crippen LogP contribution is -2.20. The Hall–Kier alpha value is -1.93. The van der Waals surface area contributed by atoms with Crippen molar-refractivity contribution in [3.8, 4) is 0 Å². The van der Waals surface area contributed by atoms with Gasteiger partial charge in [-0.15, -0.1) is 0 Å². The lowest BCUT2D eigenvalue weighted by atomic mass is 9.96. The van der Waals surface area contributed by atoms with Gasteiger partial charge in [-0.2, -0.15) is 4.37 Å². The number of hydrogen-bond acceptors (Lipinski definition) is 5. The molecule has 22 heavy (non-hydrogen) atoms. The molecular formula is C14H14N2O4S2. The van der Waals surface area contributed by atoms with Crippen molar-refractivity contribution in [2.75, 3.05) is 4.72 Å². The molecule has 1 saturated carbocycles. The average molecular weight is 338 g/mol.